The number of halogens is 2. The Labute approximate surface area is 121 Å². The molecule has 0 N–H and O–H groups in total. The van der Waals surface area contributed by atoms with Crippen molar-refractivity contribution in [2.75, 3.05) is 0 Å². The Morgan fingerprint density at radius 3 is 2.18 bits per heavy atom. The van der Waals surface area contributed by atoms with Crippen LogP contribution in [0.5, 0.6) is 0 Å². The molecule has 0 saturated heterocycles. The topological polar surface area (TPSA) is 17.1 Å². The number of carbonyl (C=O) groups excluding carboxylic acids is 1. The van der Waals surface area contributed by atoms with Crippen LogP contribution < -0.4 is 0 Å². The quantitative estimate of drug-likeness (QED) is 0.692. The van der Waals surface area contributed by atoms with Gasteiger partial charge in [-0.15, -0.1) is 0 Å². The van der Waals surface area contributed by atoms with Crippen LogP contribution in [0.25, 0.3) is 0 Å². The molecule has 0 bridgehead atoms. The summed E-state index contributed by atoms with van der Waals surface area (Å²) in [5.41, 5.74) is 0.671. The maximum Gasteiger partial charge on any atom is 0.151 e. The summed E-state index contributed by atoms with van der Waals surface area (Å²) >= 11 is 8.45. The molecule has 0 fully saturated rings. The van der Waals surface area contributed by atoms with Crippen molar-refractivity contribution in [3.63, 3.8) is 0 Å². The zero-order chi connectivity index (χ0) is 12.3. The largest absolute Gasteiger partial charge is 0.298 e. The van der Waals surface area contributed by atoms with Gasteiger partial charge in [0.05, 0.1) is 0 Å². The van der Waals surface area contributed by atoms with Crippen molar-refractivity contribution in [1.29, 1.82) is 0 Å². The number of benzene rings is 2. The molecule has 0 aromatic heterocycles. The molecule has 4 heteroatoms. The minimum Gasteiger partial charge on any atom is -0.298 e. The first-order valence-corrected chi connectivity index (χ1v) is 7.27. The Morgan fingerprint density at radius 1 is 0.941 bits per heavy atom. The van der Waals surface area contributed by atoms with Gasteiger partial charge in [0, 0.05) is 24.3 Å². The average molecular weight is 372 g/mol. The summed E-state index contributed by atoms with van der Waals surface area (Å²) in [6, 6.07) is 13.8. The van der Waals surface area contributed by atoms with Gasteiger partial charge < -0.3 is 0 Å². The maximum absolute atomic E-state index is 10.7. The highest BCUT2D eigenvalue weighted by atomic mass is 79.9. The Morgan fingerprint density at radius 2 is 1.59 bits per heavy atom. The van der Waals surface area contributed by atoms with Crippen LogP contribution in [0.2, 0.25) is 0 Å². The van der Waals surface area contributed by atoms with E-state index in [1.165, 1.54) is 4.90 Å². The van der Waals surface area contributed by atoms with Crippen LogP contribution in [0.4, 0.5) is 0 Å². The zero-order valence-corrected chi connectivity index (χ0v) is 12.7. The molecule has 1 nitrogen and oxygen atoms in total. The first-order chi connectivity index (χ1) is 8.19. The monoisotopic (exact) mass is 370 g/mol. The summed E-state index contributed by atoms with van der Waals surface area (Å²) in [4.78, 5) is 13.0. The van der Waals surface area contributed by atoms with Crippen molar-refractivity contribution in [1.82, 2.24) is 0 Å². The molecule has 2 aromatic rings. The molecule has 0 aliphatic carbocycles. The van der Waals surface area contributed by atoms with Gasteiger partial charge in [-0.2, -0.15) is 0 Å². The number of rotatable bonds is 3. The molecule has 0 heterocycles. The third kappa shape index (κ3) is 3.44. The van der Waals surface area contributed by atoms with E-state index in [9.17, 15) is 4.79 Å². The molecular weight excluding hydrogens is 364 g/mol. The Balaban J connectivity index is 2.21. The van der Waals surface area contributed by atoms with Gasteiger partial charge in [0.15, 0.2) is 6.29 Å². The molecule has 0 aliphatic heterocycles. The van der Waals surface area contributed by atoms with Gasteiger partial charge in [0.25, 0.3) is 0 Å². The molecule has 0 radical (unpaired) electrons. The predicted molar refractivity (Wildman–Crippen MR) is 77.8 cm³/mol. The van der Waals surface area contributed by atoms with Crippen molar-refractivity contribution in [3.05, 3.63) is 57.0 Å². The second kappa shape index (κ2) is 5.85. The Kier molecular flexibility index (Phi) is 4.42. The zero-order valence-electron chi connectivity index (χ0n) is 8.69. The molecule has 86 valence electrons. The first-order valence-electron chi connectivity index (χ1n) is 4.87. The summed E-state index contributed by atoms with van der Waals surface area (Å²) in [6.45, 7) is 0. The second-order valence-electron chi connectivity index (χ2n) is 3.36. The van der Waals surface area contributed by atoms with Crippen LogP contribution in [-0.4, -0.2) is 6.29 Å². The minimum atomic E-state index is 0.671. The lowest BCUT2D eigenvalue weighted by atomic mass is 10.2. The molecule has 2 aromatic carbocycles. The van der Waals surface area contributed by atoms with Crippen LogP contribution in [-0.2, 0) is 0 Å². The van der Waals surface area contributed by atoms with Crippen LogP contribution in [0.1, 0.15) is 10.4 Å². The van der Waals surface area contributed by atoms with Gasteiger partial charge in [-0.05, 0) is 42.5 Å². The summed E-state index contributed by atoms with van der Waals surface area (Å²) < 4.78 is 1.90. The molecule has 0 aliphatic rings. The van der Waals surface area contributed by atoms with E-state index >= 15 is 0 Å². The van der Waals surface area contributed by atoms with Crippen molar-refractivity contribution < 1.29 is 4.79 Å². The SMILES string of the molecule is O=Cc1ccc(Sc2ccc(Br)cc2)cc1Br. The highest BCUT2D eigenvalue weighted by Gasteiger charge is 2.02. The lowest BCUT2D eigenvalue weighted by Crippen LogP contribution is -1.82. The van der Waals surface area contributed by atoms with E-state index in [1.54, 1.807) is 11.8 Å². The second-order valence-corrected chi connectivity index (χ2v) is 6.27. The molecule has 2 rings (SSSR count). The summed E-state index contributed by atoms with van der Waals surface area (Å²) in [5.74, 6) is 0. The van der Waals surface area contributed by atoms with Gasteiger partial charge in [-0.1, -0.05) is 43.6 Å². The molecule has 0 saturated carbocycles. The van der Waals surface area contributed by atoms with Crippen molar-refractivity contribution >= 4 is 49.9 Å². The van der Waals surface area contributed by atoms with Crippen molar-refractivity contribution in [2.45, 2.75) is 9.79 Å². The fourth-order valence-corrected chi connectivity index (χ4v) is 3.05. The smallest absolute Gasteiger partial charge is 0.151 e. The summed E-state index contributed by atoms with van der Waals surface area (Å²) in [7, 11) is 0. The molecule has 0 amide bonds. The molecule has 0 atom stereocenters. The Hall–Kier alpha value is -0.580. The molecular formula is C13H8Br2OS. The molecule has 0 unspecified atom stereocenters. The van der Waals surface area contributed by atoms with E-state index in [4.69, 9.17) is 0 Å². The minimum absolute atomic E-state index is 0.671. The van der Waals surface area contributed by atoms with E-state index in [0.29, 0.717) is 5.56 Å². The number of hydrogen-bond donors (Lipinski definition) is 0. The van der Waals surface area contributed by atoms with Crippen LogP contribution >= 0.6 is 43.6 Å². The van der Waals surface area contributed by atoms with Crippen LogP contribution in [0, 0.1) is 0 Å². The standard InChI is InChI=1S/C13H8Br2OS/c14-10-2-5-11(6-3-10)17-12-4-1-9(8-16)13(15)7-12/h1-8H. The highest BCUT2D eigenvalue weighted by Crippen LogP contribution is 2.31. The Bertz CT molecular complexity index is 538. The predicted octanol–water partition coefficient (Wildman–Crippen LogP) is 5.18. The molecule has 17 heavy (non-hydrogen) atoms. The van der Waals surface area contributed by atoms with Crippen molar-refractivity contribution in [3.8, 4) is 0 Å². The van der Waals surface area contributed by atoms with E-state index in [2.05, 4.69) is 44.0 Å². The van der Waals surface area contributed by atoms with E-state index in [-0.39, 0.29) is 0 Å². The van der Waals surface area contributed by atoms with Gasteiger partial charge in [-0.3, -0.25) is 4.79 Å². The molecule has 0 spiro atoms. The van der Waals surface area contributed by atoms with Gasteiger partial charge in [-0.25, -0.2) is 0 Å². The maximum atomic E-state index is 10.7. The third-order valence-corrected chi connectivity index (χ3v) is 4.36. The fraction of sp³-hybridized carbons (Fsp3) is 0. The highest BCUT2D eigenvalue weighted by molar-refractivity contribution is 9.10. The lowest BCUT2D eigenvalue weighted by Gasteiger charge is -2.03. The van der Waals surface area contributed by atoms with Crippen molar-refractivity contribution in [2.24, 2.45) is 0 Å². The lowest BCUT2D eigenvalue weighted by molar-refractivity contribution is 0.112. The fourth-order valence-electron chi connectivity index (χ4n) is 1.31. The van der Waals surface area contributed by atoms with Gasteiger partial charge in [0.1, 0.15) is 0 Å². The average Bonchev–Trinajstić information content (AvgIpc) is 2.32. The summed E-state index contributed by atoms with van der Waals surface area (Å²) in [5, 5.41) is 0. The van der Waals surface area contributed by atoms with Crippen LogP contribution in [0.15, 0.2) is 61.2 Å². The number of carbonyl (C=O) groups is 1. The number of hydrogen-bond acceptors (Lipinski definition) is 2. The first kappa shape index (κ1) is 12.9. The normalized spacial score (nSPS) is 10.2. The van der Waals surface area contributed by atoms with Gasteiger partial charge in [0.2, 0.25) is 0 Å². The number of aldehydes is 1. The third-order valence-electron chi connectivity index (χ3n) is 2.15. The van der Waals surface area contributed by atoms with E-state index in [0.717, 1.165) is 20.1 Å². The van der Waals surface area contributed by atoms with Gasteiger partial charge >= 0.3 is 0 Å². The van der Waals surface area contributed by atoms with E-state index < -0.39 is 0 Å². The summed E-state index contributed by atoms with van der Waals surface area (Å²) in [6.07, 6.45) is 0.845. The van der Waals surface area contributed by atoms with E-state index in [1.807, 2.05) is 30.3 Å². The van der Waals surface area contributed by atoms with Crippen LogP contribution in [0.3, 0.4) is 0 Å².